The van der Waals surface area contributed by atoms with Crippen molar-refractivity contribution in [1.82, 2.24) is 0 Å². The highest BCUT2D eigenvalue weighted by Gasteiger charge is 2.18. The van der Waals surface area contributed by atoms with Crippen LogP contribution in [-0.2, 0) is 4.74 Å². The van der Waals surface area contributed by atoms with Gasteiger partial charge in [0.25, 0.3) is 0 Å². The standard InChI is InChI=1S/C14H22FNO/c1-10-7-11(9-12(15)8-10)13(16)5-6-14(2,3)17-4/h7-9,13H,5-6,16H2,1-4H3. The van der Waals surface area contributed by atoms with Gasteiger partial charge in [-0.3, -0.25) is 0 Å². The molecule has 0 heterocycles. The summed E-state index contributed by atoms with van der Waals surface area (Å²) in [6.45, 7) is 5.92. The zero-order chi connectivity index (χ0) is 13.1. The van der Waals surface area contributed by atoms with E-state index < -0.39 is 0 Å². The van der Waals surface area contributed by atoms with Crippen molar-refractivity contribution in [3.63, 3.8) is 0 Å². The van der Waals surface area contributed by atoms with Crippen molar-refractivity contribution in [2.24, 2.45) is 5.73 Å². The lowest BCUT2D eigenvalue weighted by atomic mass is 9.95. The van der Waals surface area contributed by atoms with Gasteiger partial charge in [0.1, 0.15) is 5.82 Å². The van der Waals surface area contributed by atoms with Crippen LogP contribution in [0.3, 0.4) is 0 Å². The van der Waals surface area contributed by atoms with E-state index >= 15 is 0 Å². The molecule has 96 valence electrons. The average Bonchev–Trinajstić information content (AvgIpc) is 2.24. The summed E-state index contributed by atoms with van der Waals surface area (Å²) in [5.41, 5.74) is 7.65. The molecule has 0 bridgehead atoms. The molecule has 1 unspecified atom stereocenters. The van der Waals surface area contributed by atoms with Crippen molar-refractivity contribution < 1.29 is 9.13 Å². The molecule has 2 N–H and O–H groups in total. The highest BCUT2D eigenvalue weighted by molar-refractivity contribution is 5.26. The lowest BCUT2D eigenvalue weighted by Crippen LogP contribution is -2.24. The van der Waals surface area contributed by atoms with Crippen LogP contribution in [0.15, 0.2) is 18.2 Å². The van der Waals surface area contributed by atoms with E-state index in [1.807, 2.05) is 26.8 Å². The molecule has 0 aliphatic carbocycles. The molecule has 0 aliphatic heterocycles. The Morgan fingerprint density at radius 2 is 2.00 bits per heavy atom. The van der Waals surface area contributed by atoms with Gasteiger partial charge in [0, 0.05) is 13.2 Å². The lowest BCUT2D eigenvalue weighted by Gasteiger charge is -2.24. The van der Waals surface area contributed by atoms with E-state index in [0.717, 1.165) is 24.0 Å². The smallest absolute Gasteiger partial charge is 0.123 e. The monoisotopic (exact) mass is 239 g/mol. The summed E-state index contributed by atoms with van der Waals surface area (Å²) >= 11 is 0. The molecule has 1 rings (SSSR count). The molecular weight excluding hydrogens is 217 g/mol. The largest absolute Gasteiger partial charge is 0.379 e. The SMILES string of the molecule is COC(C)(C)CCC(N)c1cc(C)cc(F)c1. The third kappa shape index (κ3) is 4.44. The van der Waals surface area contributed by atoms with Crippen LogP contribution < -0.4 is 5.73 Å². The van der Waals surface area contributed by atoms with Gasteiger partial charge in [-0.15, -0.1) is 0 Å². The zero-order valence-corrected chi connectivity index (χ0v) is 11.1. The number of hydrogen-bond acceptors (Lipinski definition) is 2. The maximum Gasteiger partial charge on any atom is 0.123 e. The highest BCUT2D eigenvalue weighted by atomic mass is 19.1. The maximum absolute atomic E-state index is 13.2. The Morgan fingerprint density at radius 3 is 2.53 bits per heavy atom. The first-order valence-electron chi connectivity index (χ1n) is 5.92. The minimum Gasteiger partial charge on any atom is -0.379 e. The molecule has 0 saturated heterocycles. The number of ether oxygens (including phenoxy) is 1. The molecule has 0 aromatic heterocycles. The zero-order valence-electron chi connectivity index (χ0n) is 11.1. The van der Waals surface area contributed by atoms with E-state index in [-0.39, 0.29) is 17.5 Å². The molecular formula is C14H22FNO. The van der Waals surface area contributed by atoms with Crippen LogP contribution in [0.1, 0.15) is 43.9 Å². The summed E-state index contributed by atoms with van der Waals surface area (Å²) in [5, 5.41) is 0. The van der Waals surface area contributed by atoms with Gasteiger partial charge in [0.15, 0.2) is 0 Å². The summed E-state index contributed by atoms with van der Waals surface area (Å²) in [5.74, 6) is -0.221. The molecule has 2 nitrogen and oxygen atoms in total. The van der Waals surface area contributed by atoms with Crippen molar-refractivity contribution in [2.75, 3.05) is 7.11 Å². The Labute approximate surface area is 103 Å². The van der Waals surface area contributed by atoms with E-state index in [0.29, 0.717) is 0 Å². The van der Waals surface area contributed by atoms with Crippen molar-refractivity contribution in [2.45, 2.75) is 45.3 Å². The number of nitrogens with two attached hydrogens (primary N) is 1. The molecule has 0 fully saturated rings. The quantitative estimate of drug-likeness (QED) is 0.855. The van der Waals surface area contributed by atoms with Gasteiger partial charge in [0.2, 0.25) is 0 Å². The van der Waals surface area contributed by atoms with Crippen molar-refractivity contribution >= 4 is 0 Å². The third-order valence-corrected chi connectivity index (χ3v) is 3.10. The average molecular weight is 239 g/mol. The fourth-order valence-corrected chi connectivity index (χ4v) is 1.75. The normalized spacial score (nSPS) is 13.8. The first kappa shape index (κ1) is 14.1. The third-order valence-electron chi connectivity index (χ3n) is 3.10. The van der Waals surface area contributed by atoms with Crippen molar-refractivity contribution in [3.8, 4) is 0 Å². The Hall–Kier alpha value is -0.930. The Bertz CT molecular complexity index is 356. The van der Waals surface area contributed by atoms with Gasteiger partial charge in [-0.05, 0) is 56.9 Å². The minimum absolute atomic E-state index is 0.140. The van der Waals surface area contributed by atoms with E-state index in [9.17, 15) is 4.39 Å². The van der Waals surface area contributed by atoms with E-state index in [1.54, 1.807) is 7.11 Å². The number of aryl methyl sites for hydroxylation is 1. The second kappa shape index (κ2) is 5.61. The van der Waals surface area contributed by atoms with Crippen molar-refractivity contribution in [1.29, 1.82) is 0 Å². The molecule has 0 aliphatic rings. The Kier molecular flexibility index (Phi) is 4.66. The van der Waals surface area contributed by atoms with Crippen LogP contribution in [0.2, 0.25) is 0 Å². The molecule has 0 amide bonds. The van der Waals surface area contributed by atoms with Crippen LogP contribution >= 0.6 is 0 Å². The molecule has 3 heteroatoms. The summed E-state index contributed by atoms with van der Waals surface area (Å²) in [6, 6.07) is 4.82. The summed E-state index contributed by atoms with van der Waals surface area (Å²) in [4.78, 5) is 0. The first-order valence-corrected chi connectivity index (χ1v) is 5.92. The fraction of sp³-hybridized carbons (Fsp3) is 0.571. The van der Waals surface area contributed by atoms with Crippen LogP contribution in [0.5, 0.6) is 0 Å². The van der Waals surface area contributed by atoms with E-state index in [1.165, 1.54) is 12.1 Å². The van der Waals surface area contributed by atoms with Gasteiger partial charge < -0.3 is 10.5 Å². The number of hydrogen-bond donors (Lipinski definition) is 1. The fourth-order valence-electron chi connectivity index (χ4n) is 1.75. The number of methoxy groups -OCH3 is 1. The second-order valence-electron chi connectivity index (χ2n) is 5.17. The van der Waals surface area contributed by atoms with Gasteiger partial charge in [0.05, 0.1) is 5.60 Å². The van der Waals surface area contributed by atoms with E-state index in [2.05, 4.69) is 0 Å². The lowest BCUT2D eigenvalue weighted by molar-refractivity contribution is 0.0125. The molecule has 0 saturated carbocycles. The van der Waals surface area contributed by atoms with Crippen LogP contribution in [0, 0.1) is 12.7 Å². The van der Waals surface area contributed by atoms with E-state index in [4.69, 9.17) is 10.5 Å². The number of halogens is 1. The molecule has 17 heavy (non-hydrogen) atoms. The van der Waals surface area contributed by atoms with Gasteiger partial charge in [-0.2, -0.15) is 0 Å². The number of rotatable bonds is 5. The van der Waals surface area contributed by atoms with Crippen LogP contribution in [-0.4, -0.2) is 12.7 Å². The highest BCUT2D eigenvalue weighted by Crippen LogP contribution is 2.23. The predicted molar refractivity (Wildman–Crippen MR) is 68.4 cm³/mol. The second-order valence-corrected chi connectivity index (χ2v) is 5.17. The molecule has 0 radical (unpaired) electrons. The molecule has 1 atom stereocenters. The van der Waals surface area contributed by atoms with Crippen LogP contribution in [0.25, 0.3) is 0 Å². The first-order chi connectivity index (χ1) is 7.84. The Morgan fingerprint density at radius 1 is 1.35 bits per heavy atom. The minimum atomic E-state index is -0.221. The molecule has 1 aromatic carbocycles. The van der Waals surface area contributed by atoms with Crippen molar-refractivity contribution in [3.05, 3.63) is 35.1 Å². The topological polar surface area (TPSA) is 35.2 Å². The van der Waals surface area contributed by atoms with Gasteiger partial charge in [-0.25, -0.2) is 4.39 Å². The summed E-state index contributed by atoms with van der Waals surface area (Å²) in [7, 11) is 1.69. The molecule has 0 spiro atoms. The van der Waals surface area contributed by atoms with Gasteiger partial charge in [-0.1, -0.05) is 6.07 Å². The number of benzene rings is 1. The Balaban J connectivity index is 2.67. The predicted octanol–water partition coefficient (Wildman–Crippen LogP) is 3.34. The molecule has 1 aromatic rings. The maximum atomic E-state index is 13.2. The summed E-state index contributed by atoms with van der Waals surface area (Å²) < 4.78 is 18.6. The summed E-state index contributed by atoms with van der Waals surface area (Å²) in [6.07, 6.45) is 1.63. The van der Waals surface area contributed by atoms with Crippen LogP contribution in [0.4, 0.5) is 4.39 Å². The van der Waals surface area contributed by atoms with Gasteiger partial charge >= 0.3 is 0 Å².